The molecule has 0 aliphatic carbocycles. The van der Waals surface area contributed by atoms with E-state index in [9.17, 15) is 0 Å². The fraction of sp³-hybridized carbons (Fsp3) is 0.154. The van der Waals surface area contributed by atoms with Crippen molar-refractivity contribution in [1.82, 2.24) is 4.98 Å². The van der Waals surface area contributed by atoms with Crippen molar-refractivity contribution in [2.75, 3.05) is 0 Å². The Hall–Kier alpha value is -1.58. The van der Waals surface area contributed by atoms with Crippen molar-refractivity contribution < 1.29 is 4.74 Å². The molecule has 4 heteroatoms. The molecule has 0 unspecified atom stereocenters. The Morgan fingerprint density at radius 1 is 1.24 bits per heavy atom. The Kier molecular flexibility index (Phi) is 3.96. The number of nitrogens with zero attached hydrogens (tertiary/aromatic N) is 1. The van der Waals surface area contributed by atoms with Gasteiger partial charge in [0, 0.05) is 29.5 Å². The van der Waals surface area contributed by atoms with Crippen LogP contribution < -0.4 is 10.5 Å². The summed E-state index contributed by atoms with van der Waals surface area (Å²) in [5, 5.41) is 0.660. The van der Waals surface area contributed by atoms with E-state index in [0.717, 1.165) is 16.9 Å². The van der Waals surface area contributed by atoms with Crippen LogP contribution in [0.3, 0.4) is 0 Å². The van der Waals surface area contributed by atoms with Crippen molar-refractivity contribution in [2.45, 2.75) is 13.2 Å². The van der Waals surface area contributed by atoms with E-state index in [4.69, 9.17) is 22.1 Å². The number of halogens is 1. The lowest BCUT2D eigenvalue weighted by Gasteiger charge is -2.09. The van der Waals surface area contributed by atoms with Crippen molar-refractivity contribution in [2.24, 2.45) is 5.73 Å². The number of aromatic nitrogens is 1. The van der Waals surface area contributed by atoms with E-state index in [1.807, 2.05) is 24.3 Å². The Balaban J connectivity index is 2.07. The van der Waals surface area contributed by atoms with Gasteiger partial charge in [0.05, 0.1) is 0 Å². The summed E-state index contributed by atoms with van der Waals surface area (Å²) in [4.78, 5) is 4.06. The molecule has 88 valence electrons. The first-order valence-corrected chi connectivity index (χ1v) is 5.67. The minimum atomic E-state index is 0.445. The quantitative estimate of drug-likeness (QED) is 0.905. The molecule has 2 N–H and O–H groups in total. The van der Waals surface area contributed by atoms with E-state index < -0.39 is 0 Å². The zero-order valence-electron chi connectivity index (χ0n) is 9.27. The summed E-state index contributed by atoms with van der Waals surface area (Å²) in [6, 6.07) is 9.20. The van der Waals surface area contributed by atoms with Gasteiger partial charge >= 0.3 is 0 Å². The molecule has 17 heavy (non-hydrogen) atoms. The van der Waals surface area contributed by atoms with E-state index >= 15 is 0 Å². The summed E-state index contributed by atoms with van der Waals surface area (Å²) in [7, 11) is 0. The zero-order chi connectivity index (χ0) is 12.1. The first-order valence-electron chi connectivity index (χ1n) is 5.30. The maximum atomic E-state index is 5.87. The van der Waals surface area contributed by atoms with Gasteiger partial charge in [-0.05, 0) is 29.8 Å². The number of benzene rings is 1. The molecule has 0 saturated carbocycles. The fourth-order valence-electron chi connectivity index (χ4n) is 1.50. The molecule has 0 saturated heterocycles. The van der Waals surface area contributed by atoms with Crippen LogP contribution in [0.25, 0.3) is 0 Å². The predicted molar refractivity (Wildman–Crippen MR) is 67.9 cm³/mol. The van der Waals surface area contributed by atoms with Crippen LogP contribution in [-0.4, -0.2) is 4.98 Å². The highest BCUT2D eigenvalue weighted by molar-refractivity contribution is 6.30. The van der Waals surface area contributed by atoms with Crippen molar-refractivity contribution in [3.63, 3.8) is 0 Å². The molecule has 0 fully saturated rings. The Bertz CT molecular complexity index is 502. The third kappa shape index (κ3) is 3.19. The van der Waals surface area contributed by atoms with Gasteiger partial charge in [-0.15, -0.1) is 0 Å². The van der Waals surface area contributed by atoms with Gasteiger partial charge < -0.3 is 10.5 Å². The second kappa shape index (κ2) is 5.66. The third-order valence-corrected chi connectivity index (χ3v) is 2.65. The normalized spacial score (nSPS) is 10.2. The Morgan fingerprint density at radius 2 is 2.12 bits per heavy atom. The average molecular weight is 249 g/mol. The first-order chi connectivity index (χ1) is 8.29. The van der Waals surface area contributed by atoms with E-state index in [2.05, 4.69) is 4.98 Å². The van der Waals surface area contributed by atoms with Crippen LogP contribution >= 0.6 is 11.6 Å². The monoisotopic (exact) mass is 248 g/mol. The summed E-state index contributed by atoms with van der Waals surface area (Å²) >= 11 is 5.87. The molecule has 0 bridgehead atoms. The van der Waals surface area contributed by atoms with Crippen LogP contribution in [0.5, 0.6) is 5.75 Å². The highest BCUT2D eigenvalue weighted by Gasteiger charge is 2.02. The summed E-state index contributed by atoms with van der Waals surface area (Å²) in [5.41, 5.74) is 7.68. The van der Waals surface area contributed by atoms with E-state index in [-0.39, 0.29) is 0 Å². The molecule has 0 atom stereocenters. The van der Waals surface area contributed by atoms with Crippen LogP contribution in [0.4, 0.5) is 0 Å². The summed E-state index contributed by atoms with van der Waals surface area (Å²) < 4.78 is 5.64. The maximum absolute atomic E-state index is 5.87. The van der Waals surface area contributed by atoms with Gasteiger partial charge in [-0.2, -0.15) is 0 Å². The lowest BCUT2D eigenvalue weighted by Crippen LogP contribution is -2.05. The standard InChI is InChI=1S/C13H13ClN2O/c14-12-2-1-3-13(6-12)17-9-11-8-16-5-4-10(11)7-15/h1-6,8H,7,9,15H2. The molecule has 0 radical (unpaired) electrons. The number of hydrogen-bond donors (Lipinski definition) is 1. The van der Waals surface area contributed by atoms with Gasteiger partial charge in [-0.3, -0.25) is 4.98 Å². The van der Waals surface area contributed by atoms with Crippen LogP contribution in [0.15, 0.2) is 42.7 Å². The van der Waals surface area contributed by atoms with Gasteiger partial charge in [0.25, 0.3) is 0 Å². The van der Waals surface area contributed by atoms with Gasteiger partial charge in [-0.25, -0.2) is 0 Å². The number of rotatable bonds is 4. The molecule has 0 aliphatic heterocycles. The number of ether oxygens (including phenoxy) is 1. The second-order valence-corrected chi connectivity index (χ2v) is 4.03. The second-order valence-electron chi connectivity index (χ2n) is 3.59. The molecule has 1 heterocycles. The first kappa shape index (κ1) is 11.9. The Labute approximate surface area is 105 Å². The summed E-state index contributed by atoms with van der Waals surface area (Å²) in [5.74, 6) is 0.740. The van der Waals surface area contributed by atoms with Gasteiger partial charge in [0.15, 0.2) is 0 Å². The molecule has 1 aromatic carbocycles. The van der Waals surface area contributed by atoms with Gasteiger partial charge in [-0.1, -0.05) is 17.7 Å². The average Bonchev–Trinajstić information content (AvgIpc) is 2.37. The molecule has 0 aliphatic rings. The van der Waals surface area contributed by atoms with Crippen molar-refractivity contribution >= 4 is 11.6 Å². The molecular formula is C13H13ClN2O. The molecular weight excluding hydrogens is 236 g/mol. The third-order valence-electron chi connectivity index (χ3n) is 2.41. The number of pyridine rings is 1. The largest absolute Gasteiger partial charge is 0.489 e. The smallest absolute Gasteiger partial charge is 0.121 e. The van der Waals surface area contributed by atoms with Crippen LogP contribution in [-0.2, 0) is 13.2 Å². The molecule has 2 rings (SSSR count). The minimum Gasteiger partial charge on any atom is -0.489 e. The highest BCUT2D eigenvalue weighted by atomic mass is 35.5. The number of nitrogens with two attached hydrogens (primary N) is 1. The van der Waals surface area contributed by atoms with E-state index in [1.54, 1.807) is 18.5 Å². The molecule has 2 aromatic rings. The van der Waals surface area contributed by atoms with Crippen molar-refractivity contribution in [3.05, 3.63) is 58.9 Å². The summed E-state index contributed by atoms with van der Waals surface area (Å²) in [6.07, 6.45) is 3.50. The van der Waals surface area contributed by atoms with E-state index in [0.29, 0.717) is 18.2 Å². The highest BCUT2D eigenvalue weighted by Crippen LogP contribution is 2.18. The van der Waals surface area contributed by atoms with Crippen molar-refractivity contribution in [3.8, 4) is 5.75 Å². The fourth-order valence-corrected chi connectivity index (χ4v) is 1.68. The number of hydrogen-bond acceptors (Lipinski definition) is 3. The van der Waals surface area contributed by atoms with E-state index in [1.165, 1.54) is 0 Å². The van der Waals surface area contributed by atoms with Gasteiger partial charge in [0.1, 0.15) is 12.4 Å². The molecule has 0 amide bonds. The lowest BCUT2D eigenvalue weighted by atomic mass is 10.1. The van der Waals surface area contributed by atoms with Crippen LogP contribution in [0.2, 0.25) is 5.02 Å². The summed E-state index contributed by atoms with van der Waals surface area (Å²) in [6.45, 7) is 0.928. The lowest BCUT2D eigenvalue weighted by molar-refractivity contribution is 0.304. The molecule has 1 aromatic heterocycles. The molecule has 0 spiro atoms. The zero-order valence-corrected chi connectivity index (χ0v) is 10.0. The molecule has 3 nitrogen and oxygen atoms in total. The maximum Gasteiger partial charge on any atom is 0.121 e. The van der Waals surface area contributed by atoms with Crippen molar-refractivity contribution in [1.29, 1.82) is 0 Å². The van der Waals surface area contributed by atoms with Crippen LogP contribution in [0.1, 0.15) is 11.1 Å². The predicted octanol–water partition coefficient (Wildman–Crippen LogP) is 2.77. The van der Waals surface area contributed by atoms with Crippen LogP contribution in [0, 0.1) is 0 Å². The van der Waals surface area contributed by atoms with Gasteiger partial charge in [0.2, 0.25) is 0 Å². The minimum absolute atomic E-state index is 0.445. The SMILES string of the molecule is NCc1ccncc1COc1cccc(Cl)c1. The topological polar surface area (TPSA) is 48.1 Å². The Morgan fingerprint density at radius 3 is 2.88 bits per heavy atom.